The zero-order valence-corrected chi connectivity index (χ0v) is 14.9. The second kappa shape index (κ2) is 8.92. The van der Waals surface area contributed by atoms with Gasteiger partial charge in [-0.15, -0.1) is 0 Å². The van der Waals surface area contributed by atoms with E-state index in [4.69, 9.17) is 4.42 Å². The van der Waals surface area contributed by atoms with E-state index >= 15 is 0 Å². The number of carbonyl (C=O) groups is 2. The van der Waals surface area contributed by atoms with Gasteiger partial charge in [-0.3, -0.25) is 4.79 Å². The number of furan rings is 1. The van der Waals surface area contributed by atoms with Crippen LogP contribution in [0.2, 0.25) is 0 Å². The molecule has 1 aromatic heterocycles. The van der Waals surface area contributed by atoms with Gasteiger partial charge in [0.2, 0.25) is 5.91 Å². The molecule has 2 aromatic rings. The highest BCUT2D eigenvalue weighted by Crippen LogP contribution is 2.17. The molecule has 1 aromatic carbocycles. The van der Waals surface area contributed by atoms with Crippen LogP contribution in [0, 0.1) is 0 Å². The summed E-state index contributed by atoms with van der Waals surface area (Å²) in [4.78, 5) is 25.6. The number of nitrogens with zero attached hydrogens (tertiary/aromatic N) is 1. The summed E-state index contributed by atoms with van der Waals surface area (Å²) in [5.41, 5.74) is 2.69. The summed E-state index contributed by atoms with van der Waals surface area (Å²) in [6, 6.07) is 9.08. The van der Waals surface area contributed by atoms with Gasteiger partial charge in [-0.25, -0.2) is 4.79 Å². The maximum atomic E-state index is 12.5. The lowest BCUT2D eigenvalue weighted by atomic mass is 10.1. The van der Waals surface area contributed by atoms with E-state index in [1.807, 2.05) is 51.1 Å². The molecule has 0 spiro atoms. The molecule has 25 heavy (non-hydrogen) atoms. The van der Waals surface area contributed by atoms with Crippen molar-refractivity contribution >= 4 is 17.6 Å². The normalized spacial score (nSPS) is 11.6. The molecule has 2 N–H and O–H groups in total. The van der Waals surface area contributed by atoms with Crippen molar-refractivity contribution in [2.75, 3.05) is 11.9 Å². The van der Waals surface area contributed by atoms with Crippen molar-refractivity contribution in [1.29, 1.82) is 0 Å². The number of carbonyl (C=O) groups excluding carboxylic acids is 2. The quantitative estimate of drug-likeness (QED) is 0.800. The van der Waals surface area contributed by atoms with E-state index in [1.165, 1.54) is 0 Å². The minimum atomic E-state index is -0.137. The lowest BCUT2D eigenvalue weighted by molar-refractivity contribution is -0.115. The summed E-state index contributed by atoms with van der Waals surface area (Å²) in [5, 5.41) is 5.81. The Morgan fingerprint density at radius 1 is 1.16 bits per heavy atom. The number of amides is 3. The molecule has 0 fully saturated rings. The number of hydrogen-bond acceptors (Lipinski definition) is 3. The van der Waals surface area contributed by atoms with Gasteiger partial charge in [-0.2, -0.15) is 0 Å². The first kappa shape index (κ1) is 18.6. The Labute approximate surface area is 148 Å². The molecular formula is C19H25N3O3. The van der Waals surface area contributed by atoms with Crippen molar-refractivity contribution in [3.8, 4) is 0 Å². The predicted molar refractivity (Wildman–Crippen MR) is 97.1 cm³/mol. The molecule has 0 radical (unpaired) electrons. The second-order valence-corrected chi connectivity index (χ2v) is 5.84. The van der Waals surface area contributed by atoms with Crippen molar-refractivity contribution < 1.29 is 14.0 Å². The fourth-order valence-electron chi connectivity index (χ4n) is 2.39. The zero-order valence-electron chi connectivity index (χ0n) is 14.9. The van der Waals surface area contributed by atoms with Crippen molar-refractivity contribution in [2.24, 2.45) is 0 Å². The predicted octanol–water partition coefficient (Wildman–Crippen LogP) is 3.92. The lowest BCUT2D eigenvalue weighted by Gasteiger charge is -2.24. The Kier molecular flexibility index (Phi) is 6.62. The molecule has 6 nitrogen and oxygen atoms in total. The van der Waals surface area contributed by atoms with Crippen LogP contribution in [-0.4, -0.2) is 23.4 Å². The number of benzene rings is 1. The van der Waals surface area contributed by atoms with Crippen LogP contribution in [0.4, 0.5) is 10.5 Å². The molecule has 0 aliphatic heterocycles. The van der Waals surface area contributed by atoms with Crippen LogP contribution < -0.4 is 10.6 Å². The molecule has 0 saturated carbocycles. The van der Waals surface area contributed by atoms with E-state index in [9.17, 15) is 9.59 Å². The van der Waals surface area contributed by atoms with E-state index in [0.29, 0.717) is 19.5 Å². The number of urea groups is 1. The number of rotatable bonds is 7. The van der Waals surface area contributed by atoms with Gasteiger partial charge in [-0.05, 0) is 37.6 Å². The van der Waals surface area contributed by atoms with Crippen molar-refractivity contribution in [3.63, 3.8) is 0 Å². The molecule has 134 valence electrons. The maximum Gasteiger partial charge on any atom is 0.318 e. The van der Waals surface area contributed by atoms with E-state index in [-0.39, 0.29) is 18.0 Å². The molecule has 1 atom stereocenters. The van der Waals surface area contributed by atoms with E-state index < -0.39 is 0 Å². The van der Waals surface area contributed by atoms with Crippen LogP contribution >= 0.6 is 0 Å². The van der Waals surface area contributed by atoms with E-state index in [2.05, 4.69) is 10.6 Å². The Morgan fingerprint density at radius 2 is 1.88 bits per heavy atom. The van der Waals surface area contributed by atoms with Crippen molar-refractivity contribution in [2.45, 2.75) is 39.8 Å². The van der Waals surface area contributed by atoms with Gasteiger partial charge in [0, 0.05) is 24.2 Å². The zero-order chi connectivity index (χ0) is 18.2. The monoisotopic (exact) mass is 343 g/mol. The minimum absolute atomic E-state index is 0.0214. The average Bonchev–Trinajstić information content (AvgIpc) is 3.13. The largest absolute Gasteiger partial charge is 0.472 e. The van der Waals surface area contributed by atoms with Gasteiger partial charge in [0.25, 0.3) is 0 Å². The molecule has 3 amide bonds. The van der Waals surface area contributed by atoms with E-state index in [1.54, 1.807) is 17.4 Å². The van der Waals surface area contributed by atoms with Crippen molar-refractivity contribution in [3.05, 3.63) is 54.0 Å². The summed E-state index contributed by atoms with van der Waals surface area (Å²) >= 11 is 0. The van der Waals surface area contributed by atoms with Gasteiger partial charge in [0.05, 0.1) is 25.1 Å². The standard InChI is InChI=1S/C19H25N3O3/c1-4-18(23)21-17-8-6-16(7-9-17)14(3)20-19(24)22(5-2)12-15-10-11-25-13-15/h6-11,13-14H,4-5,12H2,1-3H3,(H,20,24)(H,21,23)/t14-/m0/s1. The van der Waals surface area contributed by atoms with Gasteiger partial charge >= 0.3 is 6.03 Å². The Morgan fingerprint density at radius 3 is 2.44 bits per heavy atom. The summed E-state index contributed by atoms with van der Waals surface area (Å²) < 4.78 is 5.05. The third kappa shape index (κ3) is 5.38. The van der Waals surface area contributed by atoms with Crippen LogP contribution in [0.3, 0.4) is 0 Å². The third-order valence-corrected chi connectivity index (χ3v) is 3.98. The first-order chi connectivity index (χ1) is 12.0. The first-order valence-corrected chi connectivity index (χ1v) is 8.49. The Hall–Kier alpha value is -2.76. The maximum absolute atomic E-state index is 12.5. The number of hydrogen-bond donors (Lipinski definition) is 2. The molecule has 0 aliphatic carbocycles. The molecule has 0 saturated heterocycles. The first-order valence-electron chi connectivity index (χ1n) is 8.49. The summed E-state index contributed by atoms with van der Waals surface area (Å²) in [7, 11) is 0. The highest BCUT2D eigenvalue weighted by molar-refractivity contribution is 5.90. The fourth-order valence-corrected chi connectivity index (χ4v) is 2.39. The summed E-state index contributed by atoms with van der Waals surface area (Å²) in [6.45, 7) is 6.79. The smallest absolute Gasteiger partial charge is 0.318 e. The van der Waals surface area contributed by atoms with Gasteiger partial charge in [0.1, 0.15) is 0 Å². The molecule has 6 heteroatoms. The number of anilines is 1. The number of nitrogens with one attached hydrogen (secondary N) is 2. The highest BCUT2D eigenvalue weighted by Gasteiger charge is 2.16. The summed E-state index contributed by atoms with van der Waals surface area (Å²) in [5.74, 6) is -0.0214. The molecule has 0 aliphatic rings. The minimum Gasteiger partial charge on any atom is -0.472 e. The van der Waals surface area contributed by atoms with Crippen LogP contribution in [0.25, 0.3) is 0 Å². The SMILES string of the molecule is CCC(=O)Nc1ccc([C@H](C)NC(=O)N(CC)Cc2ccoc2)cc1. The van der Waals surface area contributed by atoms with Crippen LogP contribution in [0.1, 0.15) is 44.4 Å². The van der Waals surface area contributed by atoms with Crippen LogP contribution in [-0.2, 0) is 11.3 Å². The van der Waals surface area contributed by atoms with Gasteiger partial charge in [0.15, 0.2) is 0 Å². The Bertz CT molecular complexity index is 680. The summed E-state index contributed by atoms with van der Waals surface area (Å²) in [6.07, 6.45) is 3.68. The Balaban J connectivity index is 1.94. The van der Waals surface area contributed by atoms with E-state index in [0.717, 1.165) is 16.8 Å². The molecule has 0 bridgehead atoms. The van der Waals surface area contributed by atoms with Crippen LogP contribution in [0.15, 0.2) is 47.3 Å². The topological polar surface area (TPSA) is 74.6 Å². The fraction of sp³-hybridized carbons (Fsp3) is 0.368. The third-order valence-electron chi connectivity index (χ3n) is 3.98. The molecule has 0 unspecified atom stereocenters. The second-order valence-electron chi connectivity index (χ2n) is 5.84. The van der Waals surface area contributed by atoms with Crippen molar-refractivity contribution in [1.82, 2.24) is 10.2 Å². The van der Waals surface area contributed by atoms with Gasteiger partial charge < -0.3 is 20.0 Å². The highest BCUT2D eigenvalue weighted by atomic mass is 16.3. The molecule has 2 rings (SSSR count). The van der Waals surface area contributed by atoms with Crippen LogP contribution in [0.5, 0.6) is 0 Å². The molecular weight excluding hydrogens is 318 g/mol. The average molecular weight is 343 g/mol. The molecule has 1 heterocycles. The van der Waals surface area contributed by atoms with Gasteiger partial charge in [-0.1, -0.05) is 19.1 Å². The lowest BCUT2D eigenvalue weighted by Crippen LogP contribution is -2.40.